The molecule has 96 valence electrons. The van der Waals surface area contributed by atoms with Crippen LogP contribution in [0.3, 0.4) is 0 Å². The number of nitrogens with two attached hydrogens (primary N) is 1. The summed E-state index contributed by atoms with van der Waals surface area (Å²) in [5.74, 6) is -0.461. The number of halogens is 1. The second kappa shape index (κ2) is 4.99. The summed E-state index contributed by atoms with van der Waals surface area (Å²) < 4.78 is 19.4. The fourth-order valence-corrected chi connectivity index (χ4v) is 2.12. The lowest BCUT2D eigenvalue weighted by Gasteiger charge is -2.15. The highest BCUT2D eigenvalue weighted by atomic mass is 19.1. The number of methoxy groups -OCH3 is 1. The molecule has 0 amide bonds. The fourth-order valence-electron chi connectivity index (χ4n) is 2.12. The van der Waals surface area contributed by atoms with Crippen LogP contribution < -0.4 is 10.5 Å². The van der Waals surface area contributed by atoms with Gasteiger partial charge in [-0.2, -0.15) is 5.26 Å². The number of ether oxygens (including phenoxy) is 1. The molecule has 0 saturated heterocycles. The highest BCUT2D eigenvalue weighted by Gasteiger charge is 2.21. The number of anilines is 1. The lowest BCUT2D eigenvalue weighted by Crippen LogP contribution is -2.04. The summed E-state index contributed by atoms with van der Waals surface area (Å²) in [6.07, 6.45) is 0. The van der Waals surface area contributed by atoms with E-state index in [9.17, 15) is 9.65 Å². The Kier molecular flexibility index (Phi) is 3.39. The van der Waals surface area contributed by atoms with E-state index < -0.39 is 5.82 Å². The van der Waals surface area contributed by atoms with Crippen molar-refractivity contribution in [3.63, 3.8) is 0 Å². The zero-order valence-electron chi connectivity index (χ0n) is 10.7. The molecule has 0 saturated carbocycles. The first-order valence-electron chi connectivity index (χ1n) is 5.72. The number of rotatable bonds is 2. The average molecular weight is 256 g/mol. The maximum Gasteiger partial charge on any atom is 0.162 e. The number of nitrogen functional groups attached to an aromatic ring is 1. The molecule has 0 heterocycles. The fraction of sp³-hybridized carbons (Fsp3) is 0.133. The summed E-state index contributed by atoms with van der Waals surface area (Å²) in [5.41, 5.74) is 7.41. The van der Waals surface area contributed by atoms with E-state index in [0.29, 0.717) is 16.7 Å². The van der Waals surface area contributed by atoms with Crippen LogP contribution in [0.15, 0.2) is 30.3 Å². The van der Waals surface area contributed by atoms with E-state index in [1.54, 1.807) is 31.2 Å². The third kappa shape index (κ3) is 2.00. The van der Waals surface area contributed by atoms with Crippen LogP contribution in [0.25, 0.3) is 11.1 Å². The smallest absolute Gasteiger partial charge is 0.162 e. The standard InChI is InChI=1S/C15H13FN2O/c1-9-11(8-17)15(19-2)14(18)13(16)12(9)10-6-4-3-5-7-10/h3-7H,18H2,1-2H3. The highest BCUT2D eigenvalue weighted by molar-refractivity contribution is 5.79. The van der Waals surface area contributed by atoms with Crippen LogP contribution in [0.1, 0.15) is 11.1 Å². The molecule has 4 heteroatoms. The van der Waals surface area contributed by atoms with E-state index in [-0.39, 0.29) is 17.0 Å². The summed E-state index contributed by atoms with van der Waals surface area (Å²) >= 11 is 0. The van der Waals surface area contributed by atoms with Gasteiger partial charge in [0.15, 0.2) is 11.6 Å². The van der Waals surface area contributed by atoms with Crippen molar-refractivity contribution in [3.8, 4) is 22.9 Å². The third-order valence-corrected chi connectivity index (χ3v) is 3.06. The Labute approximate surface area is 111 Å². The van der Waals surface area contributed by atoms with E-state index in [4.69, 9.17) is 10.5 Å². The van der Waals surface area contributed by atoms with Crippen LogP contribution in [0.2, 0.25) is 0 Å². The molecule has 0 spiro atoms. The zero-order valence-corrected chi connectivity index (χ0v) is 10.7. The summed E-state index contributed by atoms with van der Waals surface area (Å²) in [5, 5.41) is 9.21. The number of nitriles is 1. The van der Waals surface area contributed by atoms with Gasteiger partial charge in [0.1, 0.15) is 11.8 Å². The predicted molar refractivity (Wildman–Crippen MR) is 72.3 cm³/mol. The molecule has 2 rings (SSSR count). The Hall–Kier alpha value is -2.54. The van der Waals surface area contributed by atoms with Gasteiger partial charge in [0.25, 0.3) is 0 Å². The van der Waals surface area contributed by atoms with Crippen LogP contribution in [0.4, 0.5) is 10.1 Å². The highest BCUT2D eigenvalue weighted by Crippen LogP contribution is 2.39. The third-order valence-electron chi connectivity index (χ3n) is 3.06. The van der Waals surface area contributed by atoms with Gasteiger partial charge in [0.2, 0.25) is 0 Å². The number of hydrogen-bond acceptors (Lipinski definition) is 3. The maximum absolute atomic E-state index is 14.4. The van der Waals surface area contributed by atoms with Crippen molar-refractivity contribution in [2.24, 2.45) is 0 Å². The number of benzene rings is 2. The van der Waals surface area contributed by atoms with Crippen molar-refractivity contribution >= 4 is 5.69 Å². The topological polar surface area (TPSA) is 59.0 Å². The molecular formula is C15H13FN2O. The largest absolute Gasteiger partial charge is 0.493 e. The van der Waals surface area contributed by atoms with Crippen LogP contribution in [-0.2, 0) is 0 Å². The molecule has 0 aliphatic carbocycles. The van der Waals surface area contributed by atoms with E-state index in [0.717, 1.165) is 0 Å². The van der Waals surface area contributed by atoms with Crippen molar-refractivity contribution in [1.82, 2.24) is 0 Å². The Morgan fingerprint density at radius 1 is 1.26 bits per heavy atom. The molecule has 0 bridgehead atoms. The normalized spacial score (nSPS) is 10.0. The maximum atomic E-state index is 14.4. The zero-order chi connectivity index (χ0) is 14.0. The molecule has 19 heavy (non-hydrogen) atoms. The van der Waals surface area contributed by atoms with Crippen LogP contribution in [0.5, 0.6) is 5.75 Å². The van der Waals surface area contributed by atoms with Gasteiger partial charge in [-0.1, -0.05) is 30.3 Å². The predicted octanol–water partition coefficient (Wildman–Crippen LogP) is 3.26. The molecule has 2 N–H and O–H groups in total. The Morgan fingerprint density at radius 3 is 2.42 bits per heavy atom. The minimum Gasteiger partial charge on any atom is -0.493 e. The van der Waals surface area contributed by atoms with Gasteiger partial charge < -0.3 is 10.5 Å². The molecule has 0 atom stereocenters. The molecule has 0 unspecified atom stereocenters. The Balaban J connectivity index is 2.84. The Bertz CT molecular complexity index is 660. The first kappa shape index (κ1) is 12.9. The summed E-state index contributed by atoms with van der Waals surface area (Å²) in [4.78, 5) is 0. The van der Waals surface area contributed by atoms with Crippen LogP contribution >= 0.6 is 0 Å². The van der Waals surface area contributed by atoms with Crippen LogP contribution in [-0.4, -0.2) is 7.11 Å². The lowest BCUT2D eigenvalue weighted by atomic mass is 9.94. The lowest BCUT2D eigenvalue weighted by molar-refractivity contribution is 0.412. The molecule has 0 aromatic heterocycles. The molecule has 0 fully saturated rings. The van der Waals surface area contributed by atoms with Gasteiger partial charge in [0, 0.05) is 5.56 Å². The van der Waals surface area contributed by atoms with Crippen molar-refractivity contribution in [1.29, 1.82) is 5.26 Å². The quantitative estimate of drug-likeness (QED) is 0.839. The molecule has 3 nitrogen and oxygen atoms in total. The van der Waals surface area contributed by atoms with Crippen molar-refractivity contribution in [2.75, 3.05) is 12.8 Å². The minimum atomic E-state index is -0.556. The van der Waals surface area contributed by atoms with Gasteiger partial charge in [-0.05, 0) is 18.1 Å². The van der Waals surface area contributed by atoms with Gasteiger partial charge in [0.05, 0.1) is 12.7 Å². The van der Waals surface area contributed by atoms with E-state index in [1.165, 1.54) is 7.11 Å². The van der Waals surface area contributed by atoms with Gasteiger partial charge in [-0.3, -0.25) is 0 Å². The van der Waals surface area contributed by atoms with Crippen molar-refractivity contribution < 1.29 is 9.13 Å². The first-order chi connectivity index (χ1) is 9.11. The van der Waals surface area contributed by atoms with Gasteiger partial charge in [-0.25, -0.2) is 4.39 Å². The minimum absolute atomic E-state index is 0.0946. The molecule has 0 aliphatic heterocycles. The second-order valence-corrected chi connectivity index (χ2v) is 4.11. The summed E-state index contributed by atoms with van der Waals surface area (Å²) in [7, 11) is 1.37. The second-order valence-electron chi connectivity index (χ2n) is 4.11. The number of nitrogens with zero attached hydrogens (tertiary/aromatic N) is 1. The average Bonchev–Trinajstić information content (AvgIpc) is 2.44. The molecule has 2 aromatic rings. The summed E-state index contributed by atoms with van der Waals surface area (Å²) in [6, 6.07) is 11.0. The molecule has 0 radical (unpaired) electrons. The number of hydrogen-bond donors (Lipinski definition) is 1. The Morgan fingerprint density at radius 2 is 1.89 bits per heavy atom. The molecule has 2 aromatic carbocycles. The van der Waals surface area contributed by atoms with E-state index in [2.05, 4.69) is 0 Å². The van der Waals surface area contributed by atoms with E-state index >= 15 is 0 Å². The van der Waals surface area contributed by atoms with E-state index in [1.807, 2.05) is 12.1 Å². The molecular weight excluding hydrogens is 243 g/mol. The van der Waals surface area contributed by atoms with Gasteiger partial charge in [-0.15, -0.1) is 0 Å². The van der Waals surface area contributed by atoms with Gasteiger partial charge >= 0.3 is 0 Å². The van der Waals surface area contributed by atoms with Crippen molar-refractivity contribution in [2.45, 2.75) is 6.92 Å². The summed E-state index contributed by atoms with van der Waals surface area (Å²) in [6.45, 7) is 1.69. The monoisotopic (exact) mass is 256 g/mol. The van der Waals surface area contributed by atoms with Crippen molar-refractivity contribution in [3.05, 3.63) is 47.3 Å². The SMILES string of the molecule is COc1c(N)c(F)c(-c2ccccc2)c(C)c1C#N. The van der Waals surface area contributed by atoms with Crippen LogP contribution in [0, 0.1) is 24.1 Å². The molecule has 0 aliphatic rings. The first-order valence-corrected chi connectivity index (χ1v) is 5.72.